The number of thiazole rings is 1. The van der Waals surface area contributed by atoms with Gasteiger partial charge in [-0.05, 0) is 32.4 Å². The molecule has 5 nitrogen and oxygen atoms in total. The van der Waals surface area contributed by atoms with Crippen LogP contribution >= 0.6 is 11.3 Å². The summed E-state index contributed by atoms with van der Waals surface area (Å²) < 4.78 is 5.69. The number of aromatic nitrogens is 2. The van der Waals surface area contributed by atoms with E-state index in [0.717, 1.165) is 36.2 Å². The van der Waals surface area contributed by atoms with Crippen molar-refractivity contribution < 1.29 is 4.74 Å². The molecule has 0 bridgehead atoms. The van der Waals surface area contributed by atoms with Crippen LogP contribution in [0.5, 0.6) is 0 Å². The number of nitrogens with zero attached hydrogens (tertiary/aromatic N) is 4. The number of hydrogen-bond acceptors (Lipinski definition) is 6. The summed E-state index contributed by atoms with van der Waals surface area (Å²) >= 11 is 1.72. The minimum absolute atomic E-state index is 0.246. The Hall–Kier alpha value is -1.50. The standard InChI is InChI=1S/C18H26N4OS/c1-13(2)21(4)17-6-5-15(9-19-17)10-22-7-8-23-11-16(22)18-20-14(3)12-24-18/h5-6,9,12-13,16H,7-8,10-11H2,1-4H3. The van der Waals surface area contributed by atoms with Gasteiger partial charge in [0.2, 0.25) is 0 Å². The Balaban J connectivity index is 1.71. The minimum Gasteiger partial charge on any atom is -0.378 e. The number of aryl methyl sites for hydroxylation is 1. The molecule has 1 aliphatic rings. The minimum atomic E-state index is 0.246. The molecule has 0 saturated carbocycles. The van der Waals surface area contributed by atoms with Gasteiger partial charge < -0.3 is 9.64 Å². The summed E-state index contributed by atoms with van der Waals surface area (Å²) in [6, 6.07) is 4.98. The molecule has 3 rings (SSSR count). The Bertz CT molecular complexity index is 655. The van der Waals surface area contributed by atoms with Gasteiger partial charge in [-0.15, -0.1) is 11.3 Å². The second kappa shape index (κ2) is 7.59. The zero-order valence-corrected chi connectivity index (χ0v) is 15.7. The molecule has 0 radical (unpaired) electrons. The van der Waals surface area contributed by atoms with Gasteiger partial charge in [0.1, 0.15) is 10.8 Å². The van der Waals surface area contributed by atoms with Gasteiger partial charge in [-0.25, -0.2) is 9.97 Å². The molecule has 0 aromatic carbocycles. The highest BCUT2D eigenvalue weighted by molar-refractivity contribution is 7.09. The second-order valence-corrected chi connectivity index (χ2v) is 7.51. The largest absolute Gasteiger partial charge is 0.378 e. The van der Waals surface area contributed by atoms with E-state index in [1.807, 2.05) is 13.1 Å². The molecule has 0 amide bonds. The quantitative estimate of drug-likeness (QED) is 0.831. The summed E-state index contributed by atoms with van der Waals surface area (Å²) in [6.07, 6.45) is 1.99. The van der Waals surface area contributed by atoms with Gasteiger partial charge in [-0.1, -0.05) is 6.07 Å². The maximum Gasteiger partial charge on any atom is 0.128 e. The molecule has 1 saturated heterocycles. The summed E-state index contributed by atoms with van der Waals surface area (Å²) in [4.78, 5) is 13.9. The predicted octanol–water partition coefficient (Wildman–Crippen LogP) is 3.26. The lowest BCUT2D eigenvalue weighted by Gasteiger charge is -2.34. The van der Waals surface area contributed by atoms with E-state index in [-0.39, 0.29) is 6.04 Å². The van der Waals surface area contributed by atoms with E-state index in [1.54, 1.807) is 11.3 Å². The van der Waals surface area contributed by atoms with Gasteiger partial charge >= 0.3 is 0 Å². The Morgan fingerprint density at radius 1 is 1.42 bits per heavy atom. The molecule has 1 unspecified atom stereocenters. The van der Waals surface area contributed by atoms with Crippen LogP contribution in [0.15, 0.2) is 23.7 Å². The average molecular weight is 347 g/mol. The van der Waals surface area contributed by atoms with E-state index < -0.39 is 0 Å². The van der Waals surface area contributed by atoms with Gasteiger partial charge in [0.05, 0.1) is 19.3 Å². The maximum absolute atomic E-state index is 5.69. The molecule has 0 spiro atoms. The number of rotatable bonds is 5. The average Bonchev–Trinajstić information content (AvgIpc) is 3.01. The third-order valence-corrected chi connectivity index (χ3v) is 5.56. The van der Waals surface area contributed by atoms with E-state index in [1.165, 1.54) is 5.56 Å². The summed E-state index contributed by atoms with van der Waals surface area (Å²) in [5.41, 5.74) is 2.32. The molecular formula is C18H26N4OS. The molecular weight excluding hydrogens is 320 g/mol. The number of morpholine rings is 1. The van der Waals surface area contributed by atoms with Crippen molar-refractivity contribution in [3.63, 3.8) is 0 Å². The topological polar surface area (TPSA) is 41.5 Å². The lowest BCUT2D eigenvalue weighted by atomic mass is 10.2. The molecule has 1 aliphatic heterocycles. The lowest BCUT2D eigenvalue weighted by molar-refractivity contribution is -0.0128. The normalized spacial score (nSPS) is 19.0. The molecule has 1 atom stereocenters. The van der Waals surface area contributed by atoms with Crippen LogP contribution in [0.25, 0.3) is 0 Å². The molecule has 1 fully saturated rings. The molecule has 2 aromatic rings. The molecule has 0 aliphatic carbocycles. The maximum atomic E-state index is 5.69. The summed E-state index contributed by atoms with van der Waals surface area (Å²) in [5.74, 6) is 1.02. The van der Waals surface area contributed by atoms with Crippen LogP contribution in [0.4, 0.5) is 5.82 Å². The van der Waals surface area contributed by atoms with Crippen LogP contribution in [0.3, 0.4) is 0 Å². The van der Waals surface area contributed by atoms with Crippen LogP contribution < -0.4 is 4.90 Å². The van der Waals surface area contributed by atoms with E-state index in [2.05, 4.69) is 58.2 Å². The van der Waals surface area contributed by atoms with Crippen LogP contribution in [0.2, 0.25) is 0 Å². The summed E-state index contributed by atoms with van der Waals surface area (Å²) in [5, 5.41) is 3.26. The summed E-state index contributed by atoms with van der Waals surface area (Å²) in [6.45, 7) is 9.69. The fraction of sp³-hybridized carbons (Fsp3) is 0.556. The highest BCUT2D eigenvalue weighted by Gasteiger charge is 2.27. The molecule has 2 aromatic heterocycles. The number of ether oxygens (including phenoxy) is 1. The van der Waals surface area contributed by atoms with Crippen molar-refractivity contribution in [1.29, 1.82) is 0 Å². The fourth-order valence-electron chi connectivity index (χ4n) is 2.80. The first-order valence-electron chi connectivity index (χ1n) is 8.46. The number of pyridine rings is 1. The predicted molar refractivity (Wildman–Crippen MR) is 98.6 cm³/mol. The molecule has 24 heavy (non-hydrogen) atoms. The van der Waals surface area contributed by atoms with Crippen molar-refractivity contribution in [2.75, 3.05) is 31.7 Å². The lowest BCUT2D eigenvalue weighted by Crippen LogP contribution is -2.39. The third kappa shape index (κ3) is 3.94. The fourth-order valence-corrected chi connectivity index (χ4v) is 3.71. The van der Waals surface area contributed by atoms with Crippen molar-refractivity contribution >= 4 is 17.2 Å². The van der Waals surface area contributed by atoms with E-state index >= 15 is 0 Å². The Morgan fingerprint density at radius 3 is 2.88 bits per heavy atom. The first kappa shape index (κ1) is 17.3. The monoisotopic (exact) mass is 346 g/mol. The van der Waals surface area contributed by atoms with Gasteiger partial charge in [-0.3, -0.25) is 4.90 Å². The van der Waals surface area contributed by atoms with E-state index in [4.69, 9.17) is 4.74 Å². The smallest absolute Gasteiger partial charge is 0.128 e. The van der Waals surface area contributed by atoms with Crippen LogP contribution in [-0.2, 0) is 11.3 Å². The van der Waals surface area contributed by atoms with E-state index in [0.29, 0.717) is 12.6 Å². The Morgan fingerprint density at radius 2 is 2.25 bits per heavy atom. The molecule has 130 valence electrons. The first-order valence-corrected chi connectivity index (χ1v) is 9.34. The SMILES string of the molecule is Cc1csc(C2COCCN2Cc2ccc(N(C)C(C)C)nc2)n1. The number of hydrogen-bond donors (Lipinski definition) is 0. The zero-order valence-electron chi connectivity index (χ0n) is 14.9. The van der Waals surface area contributed by atoms with Gasteiger partial charge in [-0.2, -0.15) is 0 Å². The highest BCUT2D eigenvalue weighted by Crippen LogP contribution is 2.28. The number of anilines is 1. The van der Waals surface area contributed by atoms with Crippen LogP contribution in [0.1, 0.15) is 36.2 Å². The van der Waals surface area contributed by atoms with Gasteiger partial charge in [0, 0.05) is 43.4 Å². The van der Waals surface area contributed by atoms with E-state index in [9.17, 15) is 0 Å². The first-order chi connectivity index (χ1) is 11.5. The van der Waals surface area contributed by atoms with Crippen LogP contribution in [-0.4, -0.2) is 47.7 Å². The Kier molecular flexibility index (Phi) is 5.48. The second-order valence-electron chi connectivity index (χ2n) is 6.62. The molecule has 6 heteroatoms. The van der Waals surface area contributed by atoms with Crippen molar-refractivity contribution in [2.24, 2.45) is 0 Å². The zero-order chi connectivity index (χ0) is 17.1. The van der Waals surface area contributed by atoms with Crippen LogP contribution in [0, 0.1) is 6.92 Å². The molecule has 3 heterocycles. The highest BCUT2D eigenvalue weighted by atomic mass is 32.1. The summed E-state index contributed by atoms with van der Waals surface area (Å²) in [7, 11) is 2.08. The van der Waals surface area contributed by atoms with Gasteiger partial charge in [0.25, 0.3) is 0 Å². The Labute approximate surface area is 148 Å². The van der Waals surface area contributed by atoms with Crippen molar-refractivity contribution in [1.82, 2.24) is 14.9 Å². The van der Waals surface area contributed by atoms with Crippen molar-refractivity contribution in [3.05, 3.63) is 40.0 Å². The third-order valence-electron chi connectivity index (χ3n) is 4.49. The van der Waals surface area contributed by atoms with Gasteiger partial charge in [0.15, 0.2) is 0 Å². The van der Waals surface area contributed by atoms with Crippen molar-refractivity contribution in [3.8, 4) is 0 Å². The molecule has 0 N–H and O–H groups in total. The van der Waals surface area contributed by atoms with Crippen molar-refractivity contribution in [2.45, 2.75) is 39.4 Å².